The Kier molecular flexibility index (Phi) is 4.45. The number of hydrogen-bond donors (Lipinski definition) is 2. The van der Waals surface area contributed by atoms with Crippen LogP contribution < -0.4 is 11.1 Å². The highest BCUT2D eigenvalue weighted by Crippen LogP contribution is 2.11. The van der Waals surface area contributed by atoms with Crippen molar-refractivity contribution < 1.29 is 14.1 Å². The van der Waals surface area contributed by atoms with Crippen molar-refractivity contribution in [2.45, 2.75) is 26.5 Å². The predicted molar refractivity (Wildman–Crippen MR) is 57.7 cm³/mol. The van der Waals surface area contributed by atoms with E-state index in [0.29, 0.717) is 12.3 Å². The van der Waals surface area contributed by atoms with Crippen LogP contribution in [0.4, 0.5) is 0 Å². The molecule has 0 bridgehead atoms. The maximum Gasteiger partial charge on any atom is 0.250 e. The normalized spacial score (nSPS) is 12.5. The third-order valence-corrected chi connectivity index (χ3v) is 2.41. The van der Waals surface area contributed by atoms with Crippen LogP contribution >= 0.6 is 0 Å². The second kappa shape index (κ2) is 5.62. The molecule has 0 saturated heterocycles. The molecule has 0 spiro atoms. The van der Waals surface area contributed by atoms with Gasteiger partial charge in [0.25, 0.3) is 5.91 Å². The number of hydrogen-bond acceptors (Lipinski definition) is 5. The van der Waals surface area contributed by atoms with Crippen LogP contribution in [-0.4, -0.2) is 30.8 Å². The Labute approximate surface area is 94.1 Å². The Morgan fingerprint density at radius 2 is 2.31 bits per heavy atom. The standard InChI is InChI=1S/C10H17N3O3/c1-6-8(7(2)16-13-6)5-12-10(14)9(4-11)15-3/h9H,4-5,11H2,1-3H3,(H,12,14). The summed E-state index contributed by atoms with van der Waals surface area (Å²) in [5.74, 6) is 0.476. The first-order valence-corrected chi connectivity index (χ1v) is 5.02. The van der Waals surface area contributed by atoms with Crippen molar-refractivity contribution in [1.82, 2.24) is 10.5 Å². The van der Waals surface area contributed by atoms with Gasteiger partial charge < -0.3 is 20.3 Å². The van der Waals surface area contributed by atoms with Crippen LogP contribution in [0.3, 0.4) is 0 Å². The molecule has 1 unspecified atom stereocenters. The molecule has 16 heavy (non-hydrogen) atoms. The second-order valence-electron chi connectivity index (χ2n) is 3.48. The van der Waals surface area contributed by atoms with Crippen molar-refractivity contribution in [3.63, 3.8) is 0 Å². The number of aryl methyl sites for hydroxylation is 2. The minimum atomic E-state index is -0.611. The molecule has 1 aromatic rings. The molecule has 0 aromatic carbocycles. The van der Waals surface area contributed by atoms with E-state index in [1.54, 1.807) is 6.92 Å². The zero-order valence-corrected chi connectivity index (χ0v) is 9.74. The van der Waals surface area contributed by atoms with Gasteiger partial charge in [-0.05, 0) is 13.8 Å². The summed E-state index contributed by atoms with van der Waals surface area (Å²) in [4.78, 5) is 11.6. The highest BCUT2D eigenvalue weighted by Gasteiger charge is 2.16. The lowest BCUT2D eigenvalue weighted by Crippen LogP contribution is -2.40. The third-order valence-electron chi connectivity index (χ3n) is 2.41. The molecule has 1 amide bonds. The van der Waals surface area contributed by atoms with Crippen molar-refractivity contribution in [2.75, 3.05) is 13.7 Å². The van der Waals surface area contributed by atoms with E-state index in [9.17, 15) is 4.79 Å². The fourth-order valence-corrected chi connectivity index (χ4v) is 1.35. The van der Waals surface area contributed by atoms with Gasteiger partial charge in [0.05, 0.1) is 5.69 Å². The topological polar surface area (TPSA) is 90.4 Å². The van der Waals surface area contributed by atoms with Crippen molar-refractivity contribution in [3.8, 4) is 0 Å². The largest absolute Gasteiger partial charge is 0.370 e. The van der Waals surface area contributed by atoms with Gasteiger partial charge in [0, 0.05) is 25.8 Å². The maximum absolute atomic E-state index is 11.6. The highest BCUT2D eigenvalue weighted by molar-refractivity contribution is 5.81. The molecule has 0 aliphatic heterocycles. The van der Waals surface area contributed by atoms with Crippen LogP contribution in [-0.2, 0) is 16.1 Å². The van der Waals surface area contributed by atoms with Crippen LogP contribution in [0.2, 0.25) is 0 Å². The Morgan fingerprint density at radius 1 is 1.62 bits per heavy atom. The average Bonchev–Trinajstić information content (AvgIpc) is 2.58. The molecule has 0 saturated carbocycles. The van der Waals surface area contributed by atoms with E-state index in [2.05, 4.69) is 10.5 Å². The van der Waals surface area contributed by atoms with Crippen molar-refractivity contribution in [2.24, 2.45) is 5.73 Å². The Morgan fingerprint density at radius 3 is 2.75 bits per heavy atom. The SMILES string of the molecule is COC(CN)C(=O)NCc1c(C)noc1C. The van der Waals surface area contributed by atoms with Gasteiger partial charge in [0.1, 0.15) is 11.9 Å². The van der Waals surface area contributed by atoms with Gasteiger partial charge in [0.15, 0.2) is 0 Å². The summed E-state index contributed by atoms with van der Waals surface area (Å²) in [7, 11) is 1.45. The molecule has 0 aliphatic rings. The number of ether oxygens (including phenoxy) is 1. The van der Waals surface area contributed by atoms with E-state index < -0.39 is 6.10 Å². The maximum atomic E-state index is 11.6. The Balaban J connectivity index is 2.55. The molecule has 90 valence electrons. The van der Waals surface area contributed by atoms with Gasteiger partial charge in [-0.2, -0.15) is 0 Å². The first-order valence-electron chi connectivity index (χ1n) is 5.02. The van der Waals surface area contributed by atoms with E-state index in [-0.39, 0.29) is 12.5 Å². The summed E-state index contributed by atoms with van der Waals surface area (Å²) in [6.07, 6.45) is -0.611. The summed E-state index contributed by atoms with van der Waals surface area (Å²) >= 11 is 0. The molecule has 1 atom stereocenters. The fraction of sp³-hybridized carbons (Fsp3) is 0.600. The van der Waals surface area contributed by atoms with E-state index in [1.165, 1.54) is 7.11 Å². The Hall–Kier alpha value is -1.40. The molecule has 1 aromatic heterocycles. The molecule has 6 heteroatoms. The van der Waals surface area contributed by atoms with Crippen LogP contribution in [0.15, 0.2) is 4.52 Å². The fourth-order valence-electron chi connectivity index (χ4n) is 1.35. The number of amides is 1. The van der Waals surface area contributed by atoms with E-state index in [0.717, 1.165) is 11.3 Å². The molecule has 3 N–H and O–H groups in total. The first kappa shape index (κ1) is 12.7. The summed E-state index contributed by atoms with van der Waals surface area (Å²) in [5, 5.41) is 6.52. The number of nitrogens with two attached hydrogens (primary N) is 1. The Bertz CT molecular complexity index is 339. The van der Waals surface area contributed by atoms with Gasteiger partial charge in [-0.25, -0.2) is 0 Å². The number of carbonyl (C=O) groups excluding carboxylic acids is 1. The zero-order valence-electron chi connectivity index (χ0n) is 9.74. The number of carbonyl (C=O) groups is 1. The number of aromatic nitrogens is 1. The molecule has 6 nitrogen and oxygen atoms in total. The van der Waals surface area contributed by atoms with Crippen molar-refractivity contribution >= 4 is 5.91 Å². The summed E-state index contributed by atoms with van der Waals surface area (Å²) < 4.78 is 9.90. The molecular weight excluding hydrogens is 210 g/mol. The molecular formula is C10H17N3O3. The number of methoxy groups -OCH3 is 1. The van der Waals surface area contributed by atoms with Gasteiger partial charge >= 0.3 is 0 Å². The number of nitrogens with one attached hydrogen (secondary N) is 1. The quantitative estimate of drug-likeness (QED) is 0.732. The summed E-state index contributed by atoms with van der Waals surface area (Å²) in [6.45, 7) is 4.16. The lowest BCUT2D eigenvalue weighted by molar-refractivity contribution is -0.130. The molecule has 1 rings (SSSR count). The van der Waals surface area contributed by atoms with Crippen LogP contribution in [0.1, 0.15) is 17.0 Å². The first-order chi connectivity index (χ1) is 7.60. The lowest BCUT2D eigenvalue weighted by atomic mass is 10.2. The van der Waals surface area contributed by atoms with Gasteiger partial charge in [-0.3, -0.25) is 4.79 Å². The predicted octanol–water partition coefficient (Wildman–Crippen LogP) is -0.119. The van der Waals surface area contributed by atoms with Crippen LogP contribution in [0.5, 0.6) is 0 Å². The van der Waals surface area contributed by atoms with Crippen LogP contribution in [0.25, 0.3) is 0 Å². The van der Waals surface area contributed by atoms with Crippen LogP contribution in [0, 0.1) is 13.8 Å². The van der Waals surface area contributed by atoms with Gasteiger partial charge in [0.2, 0.25) is 0 Å². The minimum Gasteiger partial charge on any atom is -0.370 e. The monoisotopic (exact) mass is 227 g/mol. The molecule has 0 radical (unpaired) electrons. The van der Waals surface area contributed by atoms with E-state index >= 15 is 0 Å². The summed E-state index contributed by atoms with van der Waals surface area (Å²) in [5.41, 5.74) is 7.04. The average molecular weight is 227 g/mol. The highest BCUT2D eigenvalue weighted by atomic mass is 16.5. The van der Waals surface area contributed by atoms with Crippen molar-refractivity contribution in [1.29, 1.82) is 0 Å². The zero-order chi connectivity index (χ0) is 12.1. The van der Waals surface area contributed by atoms with E-state index in [4.69, 9.17) is 15.0 Å². The number of rotatable bonds is 5. The number of nitrogens with zero attached hydrogens (tertiary/aromatic N) is 1. The van der Waals surface area contributed by atoms with E-state index in [1.807, 2.05) is 6.92 Å². The minimum absolute atomic E-state index is 0.157. The molecule has 0 aliphatic carbocycles. The van der Waals surface area contributed by atoms with Gasteiger partial charge in [-0.15, -0.1) is 0 Å². The molecule has 0 fully saturated rings. The van der Waals surface area contributed by atoms with Gasteiger partial charge in [-0.1, -0.05) is 5.16 Å². The lowest BCUT2D eigenvalue weighted by Gasteiger charge is -2.12. The molecule has 1 heterocycles. The third kappa shape index (κ3) is 2.80. The smallest absolute Gasteiger partial charge is 0.250 e. The second-order valence-corrected chi connectivity index (χ2v) is 3.48. The summed E-state index contributed by atoms with van der Waals surface area (Å²) in [6, 6.07) is 0. The van der Waals surface area contributed by atoms with Crippen molar-refractivity contribution in [3.05, 3.63) is 17.0 Å².